The summed E-state index contributed by atoms with van der Waals surface area (Å²) in [7, 11) is 0. The predicted molar refractivity (Wildman–Crippen MR) is 83.8 cm³/mol. The normalized spacial score (nSPS) is 37.2. The lowest BCUT2D eigenvalue weighted by molar-refractivity contribution is 0.116. The molecule has 4 aliphatic rings. The smallest absolute Gasteiger partial charge is 0.0200 e. The van der Waals surface area contributed by atoms with Gasteiger partial charge in [0.2, 0.25) is 0 Å². The Hall–Kier alpha value is -0.0800. The van der Waals surface area contributed by atoms with E-state index >= 15 is 0 Å². The average Bonchev–Trinajstić information content (AvgIpc) is 3.34. The molecule has 2 nitrogen and oxygen atoms in total. The van der Waals surface area contributed by atoms with Gasteiger partial charge < -0.3 is 5.32 Å². The van der Waals surface area contributed by atoms with Gasteiger partial charge in [-0.25, -0.2) is 0 Å². The minimum Gasteiger partial charge on any atom is -0.310 e. The van der Waals surface area contributed by atoms with E-state index in [0.29, 0.717) is 0 Å². The number of nitrogens with zero attached hydrogens (tertiary/aromatic N) is 1. The molecule has 2 heteroatoms. The fourth-order valence-corrected chi connectivity index (χ4v) is 4.70. The van der Waals surface area contributed by atoms with Crippen LogP contribution in [0.4, 0.5) is 0 Å². The molecule has 3 aliphatic carbocycles. The highest BCUT2D eigenvalue weighted by Gasteiger charge is 2.38. The molecule has 114 valence electrons. The summed E-state index contributed by atoms with van der Waals surface area (Å²) in [6, 6.07) is 2.61. The molecular weight excluding hydrogens is 244 g/mol. The van der Waals surface area contributed by atoms with Crippen molar-refractivity contribution in [3.8, 4) is 0 Å². The lowest BCUT2D eigenvalue weighted by atomic mass is 9.88. The van der Waals surface area contributed by atoms with Crippen LogP contribution in [0, 0.1) is 11.8 Å². The van der Waals surface area contributed by atoms with Gasteiger partial charge in [-0.05, 0) is 50.4 Å². The van der Waals surface area contributed by atoms with Gasteiger partial charge in [-0.3, -0.25) is 4.90 Å². The van der Waals surface area contributed by atoms with Gasteiger partial charge in [-0.1, -0.05) is 32.1 Å². The summed E-state index contributed by atoms with van der Waals surface area (Å²) in [5.41, 5.74) is 0. The number of rotatable bonds is 5. The minimum absolute atomic E-state index is 0.802. The van der Waals surface area contributed by atoms with Gasteiger partial charge in [-0.2, -0.15) is 0 Å². The standard InChI is InChI=1S/C18H32N2/c1-2-4-16(5-3-1)19-17-11-15(10-14-6-7-14)12-20(13-17)18-8-9-18/h14-19H,1-13H2. The van der Waals surface area contributed by atoms with Crippen LogP contribution < -0.4 is 5.32 Å². The van der Waals surface area contributed by atoms with Gasteiger partial charge >= 0.3 is 0 Å². The molecule has 4 fully saturated rings. The van der Waals surface area contributed by atoms with E-state index < -0.39 is 0 Å². The van der Waals surface area contributed by atoms with Gasteiger partial charge in [0, 0.05) is 31.2 Å². The second kappa shape index (κ2) is 5.96. The number of nitrogens with one attached hydrogen (secondary N) is 1. The summed E-state index contributed by atoms with van der Waals surface area (Å²) in [4.78, 5) is 2.84. The van der Waals surface area contributed by atoms with Crippen LogP contribution in [-0.4, -0.2) is 36.1 Å². The number of likely N-dealkylation sites (tertiary alicyclic amines) is 1. The second-order valence-corrected chi connectivity index (χ2v) is 8.16. The van der Waals surface area contributed by atoms with Crippen molar-refractivity contribution in [1.82, 2.24) is 10.2 Å². The fraction of sp³-hybridized carbons (Fsp3) is 1.00. The zero-order valence-electron chi connectivity index (χ0n) is 13.0. The Kier molecular flexibility index (Phi) is 4.05. The first-order valence-corrected chi connectivity index (χ1v) is 9.37. The molecule has 1 N–H and O–H groups in total. The third-order valence-corrected chi connectivity index (χ3v) is 6.07. The number of hydrogen-bond donors (Lipinski definition) is 1. The molecule has 1 saturated heterocycles. The summed E-state index contributed by atoms with van der Waals surface area (Å²) in [5, 5.41) is 4.05. The summed E-state index contributed by atoms with van der Waals surface area (Å²) in [6.07, 6.45) is 16.3. The fourth-order valence-electron chi connectivity index (χ4n) is 4.70. The van der Waals surface area contributed by atoms with Crippen molar-refractivity contribution in [2.45, 2.75) is 88.8 Å². The van der Waals surface area contributed by atoms with Crippen LogP contribution in [0.25, 0.3) is 0 Å². The summed E-state index contributed by atoms with van der Waals surface area (Å²) >= 11 is 0. The van der Waals surface area contributed by atoms with E-state index in [1.54, 1.807) is 0 Å². The molecule has 1 aliphatic heterocycles. The first-order chi connectivity index (χ1) is 9.87. The Morgan fingerprint density at radius 2 is 1.55 bits per heavy atom. The monoisotopic (exact) mass is 276 g/mol. The quantitative estimate of drug-likeness (QED) is 0.826. The molecule has 4 rings (SSSR count). The molecule has 0 amide bonds. The number of hydrogen-bond acceptors (Lipinski definition) is 2. The van der Waals surface area contributed by atoms with E-state index in [2.05, 4.69) is 10.2 Å². The molecule has 2 unspecified atom stereocenters. The van der Waals surface area contributed by atoms with Crippen LogP contribution in [0.3, 0.4) is 0 Å². The van der Waals surface area contributed by atoms with Crippen LogP contribution >= 0.6 is 0 Å². The molecule has 0 spiro atoms. The molecule has 20 heavy (non-hydrogen) atoms. The largest absolute Gasteiger partial charge is 0.310 e. The van der Waals surface area contributed by atoms with Crippen LogP contribution in [0.1, 0.15) is 70.6 Å². The van der Waals surface area contributed by atoms with E-state index in [4.69, 9.17) is 0 Å². The third-order valence-electron chi connectivity index (χ3n) is 6.07. The maximum atomic E-state index is 4.05. The summed E-state index contributed by atoms with van der Waals surface area (Å²) in [6.45, 7) is 2.77. The number of piperidine rings is 1. The first-order valence-electron chi connectivity index (χ1n) is 9.37. The Labute approximate surface area is 124 Å². The van der Waals surface area contributed by atoms with Gasteiger partial charge in [-0.15, -0.1) is 0 Å². The third kappa shape index (κ3) is 3.57. The second-order valence-electron chi connectivity index (χ2n) is 8.16. The summed E-state index contributed by atoms with van der Waals surface area (Å²) in [5.74, 6) is 2.10. The van der Waals surface area contributed by atoms with Crippen molar-refractivity contribution in [2.24, 2.45) is 11.8 Å². The van der Waals surface area contributed by atoms with Crippen LogP contribution in [0.5, 0.6) is 0 Å². The maximum absolute atomic E-state index is 4.05. The zero-order chi connectivity index (χ0) is 13.4. The van der Waals surface area contributed by atoms with E-state index in [-0.39, 0.29) is 0 Å². The van der Waals surface area contributed by atoms with Crippen molar-refractivity contribution in [2.75, 3.05) is 13.1 Å². The van der Waals surface area contributed by atoms with Gasteiger partial charge in [0.05, 0.1) is 0 Å². The van der Waals surface area contributed by atoms with Crippen molar-refractivity contribution in [1.29, 1.82) is 0 Å². The molecule has 0 aromatic heterocycles. The average molecular weight is 276 g/mol. The molecule has 0 aromatic rings. The highest BCUT2D eigenvalue weighted by molar-refractivity contribution is 4.94. The minimum atomic E-state index is 0.802. The topological polar surface area (TPSA) is 15.3 Å². The molecule has 0 radical (unpaired) electrons. The van der Waals surface area contributed by atoms with E-state index in [9.17, 15) is 0 Å². The van der Waals surface area contributed by atoms with Crippen molar-refractivity contribution >= 4 is 0 Å². The van der Waals surface area contributed by atoms with Crippen LogP contribution in [0.15, 0.2) is 0 Å². The molecule has 2 atom stereocenters. The van der Waals surface area contributed by atoms with Crippen molar-refractivity contribution in [3.05, 3.63) is 0 Å². The Morgan fingerprint density at radius 1 is 0.750 bits per heavy atom. The first kappa shape index (κ1) is 13.6. The lowest BCUT2D eigenvalue weighted by Gasteiger charge is -2.40. The Morgan fingerprint density at radius 3 is 2.25 bits per heavy atom. The maximum Gasteiger partial charge on any atom is 0.0200 e. The molecule has 0 bridgehead atoms. The van der Waals surface area contributed by atoms with E-state index in [1.807, 2.05) is 0 Å². The van der Waals surface area contributed by atoms with Gasteiger partial charge in [0.1, 0.15) is 0 Å². The van der Waals surface area contributed by atoms with E-state index in [1.165, 1.54) is 83.7 Å². The molecular formula is C18H32N2. The molecule has 3 saturated carbocycles. The van der Waals surface area contributed by atoms with Gasteiger partial charge in [0.25, 0.3) is 0 Å². The molecule has 0 aromatic carbocycles. The lowest BCUT2D eigenvalue weighted by Crippen LogP contribution is -2.52. The van der Waals surface area contributed by atoms with Gasteiger partial charge in [0.15, 0.2) is 0 Å². The van der Waals surface area contributed by atoms with Crippen LogP contribution in [-0.2, 0) is 0 Å². The predicted octanol–water partition coefficient (Wildman–Crippen LogP) is 3.56. The van der Waals surface area contributed by atoms with Crippen LogP contribution in [0.2, 0.25) is 0 Å². The highest BCUT2D eigenvalue weighted by Crippen LogP contribution is 2.39. The van der Waals surface area contributed by atoms with Crippen molar-refractivity contribution in [3.63, 3.8) is 0 Å². The summed E-state index contributed by atoms with van der Waals surface area (Å²) < 4.78 is 0. The Balaban J connectivity index is 1.33. The highest BCUT2D eigenvalue weighted by atomic mass is 15.2. The van der Waals surface area contributed by atoms with E-state index in [0.717, 1.165) is 30.0 Å². The molecule has 1 heterocycles. The van der Waals surface area contributed by atoms with Crippen molar-refractivity contribution < 1.29 is 0 Å². The zero-order valence-corrected chi connectivity index (χ0v) is 13.0. The SMILES string of the molecule is C1CCC(NC2CC(CC3CC3)CN(C3CC3)C2)CC1. The Bertz CT molecular complexity index is 315.